The van der Waals surface area contributed by atoms with Crippen molar-refractivity contribution in [3.8, 4) is 0 Å². The smallest absolute Gasteiger partial charge is 0.00234 e. The third kappa shape index (κ3) is 2.48. The predicted molar refractivity (Wildman–Crippen MR) is 54.2 cm³/mol. The Morgan fingerprint density at radius 3 is 2.33 bits per heavy atom. The van der Waals surface area contributed by atoms with Gasteiger partial charge in [-0.3, -0.25) is 0 Å². The van der Waals surface area contributed by atoms with E-state index in [2.05, 4.69) is 33.1 Å². The molecule has 0 radical (unpaired) electrons. The fourth-order valence-electron chi connectivity index (χ4n) is 2.34. The molecule has 0 aliphatic heterocycles. The summed E-state index contributed by atoms with van der Waals surface area (Å²) in [7, 11) is 2.06. The first-order valence-corrected chi connectivity index (χ1v) is 5.18. The first-order valence-electron chi connectivity index (χ1n) is 5.18. The topological polar surface area (TPSA) is 12.0 Å². The molecule has 0 amide bonds. The molecule has 1 rings (SSSR count). The van der Waals surface area contributed by atoms with Gasteiger partial charge in [0, 0.05) is 0 Å². The largest absolute Gasteiger partial charge is 0.319 e. The van der Waals surface area contributed by atoms with E-state index in [4.69, 9.17) is 0 Å². The van der Waals surface area contributed by atoms with Crippen molar-refractivity contribution in [1.82, 2.24) is 5.32 Å². The molecule has 2 unspecified atom stereocenters. The van der Waals surface area contributed by atoms with Crippen molar-refractivity contribution in [2.24, 2.45) is 17.3 Å². The molecule has 0 bridgehead atoms. The molecule has 0 aromatic heterocycles. The van der Waals surface area contributed by atoms with Gasteiger partial charge in [0.15, 0.2) is 0 Å². The highest BCUT2D eigenvalue weighted by molar-refractivity contribution is 4.83. The molecule has 1 aliphatic rings. The normalized spacial score (nSPS) is 31.0. The Balaban J connectivity index is 2.35. The second-order valence-electron chi connectivity index (χ2n) is 5.30. The van der Waals surface area contributed by atoms with E-state index >= 15 is 0 Å². The van der Waals surface area contributed by atoms with Gasteiger partial charge in [0.25, 0.3) is 0 Å². The fourth-order valence-corrected chi connectivity index (χ4v) is 2.34. The maximum Gasteiger partial charge on any atom is -0.00234 e. The lowest BCUT2D eigenvalue weighted by Crippen LogP contribution is -2.20. The van der Waals surface area contributed by atoms with E-state index in [0.29, 0.717) is 5.41 Å². The van der Waals surface area contributed by atoms with Crippen molar-refractivity contribution in [3.05, 3.63) is 0 Å². The van der Waals surface area contributed by atoms with Crippen LogP contribution in [-0.4, -0.2) is 13.6 Å². The van der Waals surface area contributed by atoms with Gasteiger partial charge in [-0.05, 0) is 50.1 Å². The van der Waals surface area contributed by atoms with Crippen LogP contribution in [0.4, 0.5) is 0 Å². The van der Waals surface area contributed by atoms with Crippen LogP contribution < -0.4 is 5.32 Å². The molecule has 0 aromatic carbocycles. The molecule has 0 spiro atoms. The molecule has 12 heavy (non-hydrogen) atoms. The van der Waals surface area contributed by atoms with E-state index < -0.39 is 0 Å². The minimum atomic E-state index is 0.530. The Kier molecular flexibility index (Phi) is 3.16. The Hall–Kier alpha value is -0.0400. The molecular formula is C11H23N. The van der Waals surface area contributed by atoms with Gasteiger partial charge in [-0.1, -0.05) is 20.8 Å². The fraction of sp³-hybridized carbons (Fsp3) is 1.00. The molecule has 72 valence electrons. The first kappa shape index (κ1) is 10.0. The van der Waals surface area contributed by atoms with E-state index in [0.717, 1.165) is 11.8 Å². The van der Waals surface area contributed by atoms with Gasteiger partial charge in [-0.25, -0.2) is 0 Å². The number of hydrogen-bond donors (Lipinski definition) is 1. The molecule has 0 saturated heterocycles. The zero-order chi connectivity index (χ0) is 9.19. The molecule has 0 aromatic rings. The van der Waals surface area contributed by atoms with Gasteiger partial charge >= 0.3 is 0 Å². The van der Waals surface area contributed by atoms with Gasteiger partial charge in [0.1, 0.15) is 0 Å². The van der Waals surface area contributed by atoms with Crippen LogP contribution in [0.5, 0.6) is 0 Å². The van der Waals surface area contributed by atoms with E-state index in [1.165, 1.54) is 25.8 Å². The highest BCUT2D eigenvalue weighted by atomic mass is 14.8. The van der Waals surface area contributed by atoms with Crippen molar-refractivity contribution in [1.29, 1.82) is 0 Å². The number of nitrogens with one attached hydrogen (secondary N) is 1. The molecule has 1 heteroatoms. The second kappa shape index (κ2) is 3.78. The van der Waals surface area contributed by atoms with Gasteiger partial charge in [-0.15, -0.1) is 0 Å². The van der Waals surface area contributed by atoms with Crippen molar-refractivity contribution in [2.75, 3.05) is 13.6 Å². The SMILES string of the molecule is CNCC1CCC(C(C)(C)C)C1. The van der Waals surface area contributed by atoms with Crippen LogP contribution in [-0.2, 0) is 0 Å². The molecule has 2 atom stereocenters. The second-order valence-corrected chi connectivity index (χ2v) is 5.30. The van der Waals surface area contributed by atoms with Crippen LogP contribution >= 0.6 is 0 Å². The summed E-state index contributed by atoms with van der Waals surface area (Å²) in [5.41, 5.74) is 0.530. The minimum Gasteiger partial charge on any atom is -0.319 e. The lowest BCUT2D eigenvalue weighted by atomic mass is 9.79. The van der Waals surface area contributed by atoms with Crippen LogP contribution in [0.25, 0.3) is 0 Å². The third-order valence-corrected chi connectivity index (χ3v) is 3.26. The Labute approximate surface area is 76.9 Å². The summed E-state index contributed by atoms with van der Waals surface area (Å²) in [4.78, 5) is 0. The van der Waals surface area contributed by atoms with Gasteiger partial charge in [0.05, 0.1) is 0 Å². The monoisotopic (exact) mass is 169 g/mol. The average Bonchev–Trinajstić information content (AvgIpc) is 2.35. The van der Waals surface area contributed by atoms with E-state index in [-0.39, 0.29) is 0 Å². The molecule has 0 heterocycles. The van der Waals surface area contributed by atoms with E-state index in [1.807, 2.05) is 0 Å². The highest BCUT2D eigenvalue weighted by Gasteiger charge is 2.32. The molecular weight excluding hydrogens is 146 g/mol. The number of rotatable bonds is 2. The Morgan fingerprint density at radius 2 is 1.92 bits per heavy atom. The van der Waals surface area contributed by atoms with Gasteiger partial charge < -0.3 is 5.32 Å². The van der Waals surface area contributed by atoms with Crippen molar-refractivity contribution >= 4 is 0 Å². The molecule has 1 aliphatic carbocycles. The minimum absolute atomic E-state index is 0.530. The highest BCUT2D eigenvalue weighted by Crippen LogP contribution is 2.41. The van der Waals surface area contributed by atoms with Crippen LogP contribution in [0.15, 0.2) is 0 Å². The standard InChI is InChI=1S/C11H23N/c1-11(2,3)10-6-5-9(7-10)8-12-4/h9-10,12H,5-8H2,1-4H3. The first-order chi connectivity index (χ1) is 5.54. The zero-order valence-electron chi connectivity index (χ0n) is 8.98. The molecule has 1 N–H and O–H groups in total. The summed E-state index contributed by atoms with van der Waals surface area (Å²) >= 11 is 0. The maximum absolute atomic E-state index is 3.28. The average molecular weight is 169 g/mol. The van der Waals surface area contributed by atoms with Crippen LogP contribution in [0.3, 0.4) is 0 Å². The Bertz CT molecular complexity index is 134. The summed E-state index contributed by atoms with van der Waals surface area (Å²) in [5, 5.41) is 3.28. The number of hydrogen-bond acceptors (Lipinski definition) is 1. The predicted octanol–water partition coefficient (Wildman–Crippen LogP) is 2.67. The lowest BCUT2D eigenvalue weighted by molar-refractivity contribution is 0.238. The Morgan fingerprint density at radius 1 is 1.25 bits per heavy atom. The summed E-state index contributed by atoms with van der Waals surface area (Å²) in [6.07, 6.45) is 4.31. The maximum atomic E-state index is 3.28. The third-order valence-electron chi connectivity index (χ3n) is 3.26. The lowest BCUT2D eigenvalue weighted by Gasteiger charge is -2.26. The van der Waals surface area contributed by atoms with E-state index in [1.54, 1.807) is 0 Å². The van der Waals surface area contributed by atoms with Gasteiger partial charge in [0.2, 0.25) is 0 Å². The molecule has 1 nitrogen and oxygen atoms in total. The van der Waals surface area contributed by atoms with Gasteiger partial charge in [-0.2, -0.15) is 0 Å². The summed E-state index contributed by atoms with van der Waals surface area (Å²) in [6, 6.07) is 0. The molecule has 1 saturated carbocycles. The zero-order valence-corrected chi connectivity index (χ0v) is 8.98. The van der Waals surface area contributed by atoms with Crippen LogP contribution in [0, 0.1) is 17.3 Å². The van der Waals surface area contributed by atoms with Crippen molar-refractivity contribution in [2.45, 2.75) is 40.0 Å². The quantitative estimate of drug-likeness (QED) is 0.670. The van der Waals surface area contributed by atoms with E-state index in [9.17, 15) is 0 Å². The van der Waals surface area contributed by atoms with Crippen LogP contribution in [0.2, 0.25) is 0 Å². The van der Waals surface area contributed by atoms with Crippen molar-refractivity contribution < 1.29 is 0 Å². The molecule has 1 fully saturated rings. The summed E-state index contributed by atoms with van der Waals surface area (Å²) in [6.45, 7) is 8.34. The summed E-state index contributed by atoms with van der Waals surface area (Å²) in [5.74, 6) is 1.90. The summed E-state index contributed by atoms with van der Waals surface area (Å²) < 4.78 is 0. The van der Waals surface area contributed by atoms with Crippen LogP contribution in [0.1, 0.15) is 40.0 Å². The van der Waals surface area contributed by atoms with Crippen molar-refractivity contribution in [3.63, 3.8) is 0 Å².